The van der Waals surface area contributed by atoms with Gasteiger partial charge in [0.05, 0.1) is 18.9 Å². The van der Waals surface area contributed by atoms with Crippen LogP contribution in [0, 0.1) is 6.92 Å². The Kier molecular flexibility index (Phi) is 7.51. The molecule has 0 radical (unpaired) electrons. The van der Waals surface area contributed by atoms with Gasteiger partial charge >= 0.3 is 13.4 Å². The van der Waals surface area contributed by atoms with Gasteiger partial charge in [0, 0.05) is 30.1 Å². The normalized spacial score (nSPS) is 24.8. The maximum Gasteiger partial charge on any atom is 0.405 e. The van der Waals surface area contributed by atoms with Gasteiger partial charge in [0.25, 0.3) is 0 Å². The molecule has 0 amide bonds. The number of aliphatic hydroxyl groups excluding tert-OH is 3. The number of aryl methyl sites for hydroxylation is 1. The Balaban J connectivity index is 1.69. The van der Waals surface area contributed by atoms with E-state index >= 15 is 0 Å². The van der Waals surface area contributed by atoms with Gasteiger partial charge in [-0.2, -0.15) is 4.98 Å². The summed E-state index contributed by atoms with van der Waals surface area (Å²) < 4.78 is 25.2. The average Bonchev–Trinajstić information content (AvgIpc) is 3.04. The van der Waals surface area contributed by atoms with Gasteiger partial charge in [0.2, 0.25) is 0 Å². The van der Waals surface area contributed by atoms with Gasteiger partial charge in [0.15, 0.2) is 6.23 Å². The van der Waals surface area contributed by atoms with E-state index in [-0.39, 0.29) is 34.9 Å². The maximum absolute atomic E-state index is 12.7. The highest BCUT2D eigenvalue weighted by molar-refractivity contribution is 7.50. The first-order chi connectivity index (χ1) is 15.5. The summed E-state index contributed by atoms with van der Waals surface area (Å²) in [6, 6.07) is 1.31. The molecule has 0 bridgehead atoms. The Hall–Kier alpha value is -2.42. The summed E-state index contributed by atoms with van der Waals surface area (Å²) in [6.07, 6.45) is -3.04. The molecule has 0 aromatic carbocycles. The predicted octanol–water partition coefficient (Wildman–Crippen LogP) is -1.40. The third-order valence-corrected chi connectivity index (χ3v) is 6.78. The molecule has 14 nitrogen and oxygen atoms in total. The van der Waals surface area contributed by atoms with E-state index < -0.39 is 51.2 Å². The Labute approximate surface area is 188 Å². The van der Waals surface area contributed by atoms with Crippen LogP contribution in [0.25, 0.3) is 0 Å². The number of rotatable bonds is 8. The topological polar surface area (TPSA) is 214 Å². The lowest BCUT2D eigenvalue weighted by atomic mass is 10.1. The van der Waals surface area contributed by atoms with Crippen molar-refractivity contribution in [2.75, 3.05) is 19.4 Å². The molecule has 2 aromatic rings. The van der Waals surface area contributed by atoms with Crippen LogP contribution in [-0.4, -0.2) is 76.5 Å². The van der Waals surface area contributed by atoms with Crippen LogP contribution in [0.15, 0.2) is 23.3 Å². The second kappa shape index (κ2) is 9.83. The Bertz CT molecular complexity index is 1110. The van der Waals surface area contributed by atoms with Gasteiger partial charge in [-0.15, -0.1) is 0 Å². The summed E-state index contributed by atoms with van der Waals surface area (Å²) in [5.41, 5.74) is 5.37. The molecule has 3 heterocycles. The molecular formula is C18H26N5O9P. The lowest BCUT2D eigenvalue weighted by Gasteiger charge is -2.25. The minimum atomic E-state index is -4.47. The molecule has 1 saturated heterocycles. The summed E-state index contributed by atoms with van der Waals surface area (Å²) >= 11 is 0. The Morgan fingerprint density at radius 2 is 2.06 bits per heavy atom. The van der Waals surface area contributed by atoms with Crippen molar-refractivity contribution in [1.82, 2.24) is 19.2 Å². The molecule has 1 aliphatic heterocycles. The molecule has 5 atom stereocenters. The molecule has 7 N–H and O–H groups in total. The van der Waals surface area contributed by atoms with E-state index in [4.69, 9.17) is 15.0 Å². The molecule has 182 valence electrons. The molecule has 0 saturated carbocycles. The van der Waals surface area contributed by atoms with Crippen LogP contribution in [0.1, 0.15) is 23.0 Å². The van der Waals surface area contributed by atoms with Crippen molar-refractivity contribution in [1.29, 1.82) is 0 Å². The number of pyridine rings is 1. The van der Waals surface area contributed by atoms with Crippen LogP contribution in [0.3, 0.4) is 0 Å². The van der Waals surface area contributed by atoms with E-state index in [0.29, 0.717) is 0 Å². The fourth-order valence-electron chi connectivity index (χ4n) is 3.30. The number of ether oxygens (including phenoxy) is 1. The lowest BCUT2D eigenvalue weighted by Crippen LogP contribution is -2.36. The van der Waals surface area contributed by atoms with E-state index in [0.717, 1.165) is 9.24 Å². The van der Waals surface area contributed by atoms with E-state index in [9.17, 15) is 34.7 Å². The number of aromatic hydroxyl groups is 1. The predicted molar refractivity (Wildman–Crippen MR) is 113 cm³/mol. The quantitative estimate of drug-likeness (QED) is 0.237. The van der Waals surface area contributed by atoms with Gasteiger partial charge in [-0.1, -0.05) is 0 Å². The van der Waals surface area contributed by atoms with Crippen molar-refractivity contribution in [2.45, 2.75) is 44.6 Å². The number of hydrogen-bond acceptors (Lipinski definition) is 11. The van der Waals surface area contributed by atoms with Crippen LogP contribution in [0.5, 0.6) is 5.75 Å². The average molecular weight is 487 g/mol. The largest absolute Gasteiger partial charge is 0.506 e. The minimum absolute atomic E-state index is 0.0341. The van der Waals surface area contributed by atoms with Crippen molar-refractivity contribution in [2.24, 2.45) is 0 Å². The van der Waals surface area contributed by atoms with Crippen molar-refractivity contribution in [3.63, 3.8) is 0 Å². The summed E-state index contributed by atoms with van der Waals surface area (Å²) in [4.78, 5) is 29.8. The van der Waals surface area contributed by atoms with Gasteiger partial charge in [-0.3, -0.25) is 14.1 Å². The highest BCUT2D eigenvalue weighted by Gasteiger charge is 2.45. The first kappa shape index (κ1) is 25.2. The monoisotopic (exact) mass is 487 g/mol. The molecule has 5 unspecified atom stereocenters. The standard InChI is InChI=1S/C18H26N5O9P/c1-9-14(25)11(10(7-24)5-20-9)6-22(2)33(29,30)31-8-12-15(26)16(27)17(32-12)23-4-3-13(19)21-18(23)28/h3-5,12,15-17,24-27H,6-8H2,1-2H3,(H,29,30)(H2,19,21,28). The number of aliphatic hydroxyl groups is 3. The first-order valence-electron chi connectivity index (χ1n) is 9.78. The first-order valence-corrected chi connectivity index (χ1v) is 11.3. The smallest absolute Gasteiger partial charge is 0.405 e. The number of nitrogen functional groups attached to an aromatic ring is 1. The second-order valence-corrected chi connectivity index (χ2v) is 9.47. The summed E-state index contributed by atoms with van der Waals surface area (Å²) in [5.74, 6) is -0.260. The molecule has 2 aromatic heterocycles. The van der Waals surface area contributed by atoms with Crippen molar-refractivity contribution in [3.05, 3.63) is 45.8 Å². The van der Waals surface area contributed by atoms with Crippen molar-refractivity contribution < 1.29 is 39.1 Å². The molecular weight excluding hydrogens is 461 g/mol. The van der Waals surface area contributed by atoms with E-state index in [1.54, 1.807) is 0 Å². The Morgan fingerprint density at radius 1 is 1.36 bits per heavy atom. The van der Waals surface area contributed by atoms with Gasteiger partial charge in [0.1, 0.15) is 29.9 Å². The Morgan fingerprint density at radius 3 is 2.70 bits per heavy atom. The second-order valence-electron chi connectivity index (χ2n) is 7.54. The third-order valence-electron chi connectivity index (χ3n) is 5.29. The molecule has 3 rings (SSSR count). The minimum Gasteiger partial charge on any atom is -0.506 e. The summed E-state index contributed by atoms with van der Waals surface area (Å²) in [6.45, 7) is 0.238. The zero-order valence-electron chi connectivity index (χ0n) is 17.8. The molecule has 0 spiro atoms. The van der Waals surface area contributed by atoms with Crippen LogP contribution >= 0.6 is 7.75 Å². The highest BCUT2D eigenvalue weighted by Crippen LogP contribution is 2.47. The fraction of sp³-hybridized carbons (Fsp3) is 0.500. The van der Waals surface area contributed by atoms with Gasteiger partial charge in [-0.05, 0) is 20.0 Å². The van der Waals surface area contributed by atoms with Crippen LogP contribution < -0.4 is 11.4 Å². The maximum atomic E-state index is 12.7. The summed E-state index contributed by atoms with van der Waals surface area (Å²) in [5, 5.41) is 40.2. The zero-order chi connectivity index (χ0) is 24.5. The van der Waals surface area contributed by atoms with E-state index in [1.165, 1.54) is 32.4 Å². The SMILES string of the molecule is Cc1ncc(CO)c(CN(C)P(=O)(O)OCC2OC(n3ccc(N)nc3=O)C(O)C2O)c1O. The lowest BCUT2D eigenvalue weighted by molar-refractivity contribution is -0.0535. The van der Waals surface area contributed by atoms with Gasteiger partial charge in [-0.25, -0.2) is 14.0 Å². The third kappa shape index (κ3) is 5.23. The van der Waals surface area contributed by atoms with Gasteiger partial charge < -0.3 is 35.8 Å². The zero-order valence-corrected chi connectivity index (χ0v) is 18.7. The number of anilines is 1. The van der Waals surface area contributed by atoms with E-state index in [1.807, 2.05) is 0 Å². The van der Waals surface area contributed by atoms with Crippen molar-refractivity contribution >= 4 is 13.6 Å². The number of nitrogens with zero attached hydrogens (tertiary/aromatic N) is 4. The fourth-order valence-corrected chi connectivity index (χ4v) is 4.16. The van der Waals surface area contributed by atoms with E-state index in [2.05, 4.69) is 9.97 Å². The molecule has 33 heavy (non-hydrogen) atoms. The highest BCUT2D eigenvalue weighted by atomic mass is 31.2. The number of aromatic nitrogens is 3. The number of nitrogens with two attached hydrogens (primary N) is 1. The van der Waals surface area contributed by atoms with Crippen LogP contribution in [-0.2, 0) is 27.0 Å². The van der Waals surface area contributed by atoms with Crippen LogP contribution in [0.2, 0.25) is 0 Å². The van der Waals surface area contributed by atoms with Crippen LogP contribution in [0.4, 0.5) is 5.82 Å². The van der Waals surface area contributed by atoms with Crippen molar-refractivity contribution in [3.8, 4) is 5.75 Å². The number of hydrogen-bond donors (Lipinski definition) is 6. The summed E-state index contributed by atoms with van der Waals surface area (Å²) in [7, 11) is -3.21. The molecule has 15 heteroatoms. The molecule has 1 aliphatic rings. The molecule has 1 fully saturated rings. The molecule has 0 aliphatic carbocycles.